The average Bonchev–Trinajstić information content (AvgIpc) is 2.26. The van der Waals surface area contributed by atoms with Crippen LogP contribution in [0.5, 0.6) is 0 Å². The van der Waals surface area contributed by atoms with Crippen LogP contribution in [0.1, 0.15) is 12.8 Å². The number of rotatable bonds is 5. The summed E-state index contributed by atoms with van der Waals surface area (Å²) in [6, 6.07) is -0.246. The number of primary amides is 1. The molecule has 1 amide bonds. The van der Waals surface area contributed by atoms with E-state index in [4.69, 9.17) is 10.5 Å². The highest BCUT2D eigenvalue weighted by Crippen LogP contribution is 2.12. The highest BCUT2D eigenvalue weighted by Gasteiger charge is 2.22. The van der Waals surface area contributed by atoms with Gasteiger partial charge in [-0.1, -0.05) is 0 Å². The number of nitrogens with zero attached hydrogens (tertiary/aromatic N) is 1. The number of carbonyl (C=O) groups is 1. The van der Waals surface area contributed by atoms with Gasteiger partial charge in [0.2, 0.25) is 5.91 Å². The lowest BCUT2D eigenvalue weighted by atomic mass is 10.1. The maximum atomic E-state index is 11.0. The Labute approximate surface area is 90.9 Å². The summed E-state index contributed by atoms with van der Waals surface area (Å²) in [5.74, 6) is -0.286. The van der Waals surface area contributed by atoms with Crippen molar-refractivity contribution in [2.45, 2.75) is 25.0 Å². The summed E-state index contributed by atoms with van der Waals surface area (Å²) in [6.07, 6.45) is 2.44. The van der Waals surface area contributed by atoms with Gasteiger partial charge in [0.25, 0.3) is 0 Å². The molecule has 0 radical (unpaired) electrons. The molecule has 1 saturated heterocycles. The third kappa shape index (κ3) is 3.77. The fraction of sp³-hybridized carbons (Fsp3) is 0.900. The number of amides is 1. The summed E-state index contributed by atoms with van der Waals surface area (Å²) in [4.78, 5) is 13.3. The van der Waals surface area contributed by atoms with Crippen molar-refractivity contribution in [2.75, 3.05) is 33.8 Å². The summed E-state index contributed by atoms with van der Waals surface area (Å²) in [5.41, 5.74) is 5.27. The Kier molecular flexibility index (Phi) is 5.01. The fourth-order valence-corrected chi connectivity index (χ4v) is 1.91. The number of likely N-dealkylation sites (N-methyl/N-ethyl adjacent to an activating group) is 1. The second-order valence-electron chi connectivity index (χ2n) is 3.98. The number of ether oxygens (including phenoxy) is 1. The van der Waals surface area contributed by atoms with E-state index >= 15 is 0 Å². The minimum absolute atomic E-state index is 0.246. The molecule has 0 bridgehead atoms. The molecule has 88 valence electrons. The number of nitrogens with two attached hydrogens (primary N) is 1. The molecule has 1 fully saturated rings. The van der Waals surface area contributed by atoms with Gasteiger partial charge >= 0.3 is 0 Å². The molecule has 15 heavy (non-hydrogen) atoms. The number of piperidine rings is 1. The van der Waals surface area contributed by atoms with Crippen molar-refractivity contribution in [3.05, 3.63) is 0 Å². The average molecular weight is 215 g/mol. The predicted molar refractivity (Wildman–Crippen MR) is 58.5 cm³/mol. The van der Waals surface area contributed by atoms with Gasteiger partial charge in [-0.25, -0.2) is 0 Å². The van der Waals surface area contributed by atoms with Crippen molar-refractivity contribution in [1.29, 1.82) is 0 Å². The molecule has 0 spiro atoms. The van der Waals surface area contributed by atoms with Gasteiger partial charge in [0.15, 0.2) is 0 Å². The first kappa shape index (κ1) is 12.4. The van der Waals surface area contributed by atoms with E-state index in [1.54, 1.807) is 14.2 Å². The smallest absolute Gasteiger partial charge is 0.235 e. The van der Waals surface area contributed by atoms with Crippen LogP contribution in [0, 0.1) is 0 Å². The van der Waals surface area contributed by atoms with Crippen molar-refractivity contribution in [3.63, 3.8) is 0 Å². The molecule has 1 aliphatic rings. The molecular formula is C10H21N3O2. The Hall–Kier alpha value is -0.650. The Morgan fingerprint density at radius 1 is 1.60 bits per heavy atom. The number of methoxy groups -OCH3 is 1. The molecule has 0 saturated carbocycles. The van der Waals surface area contributed by atoms with E-state index in [-0.39, 0.29) is 11.9 Å². The van der Waals surface area contributed by atoms with Crippen LogP contribution >= 0.6 is 0 Å². The topological polar surface area (TPSA) is 67.6 Å². The van der Waals surface area contributed by atoms with Crippen LogP contribution in [0.25, 0.3) is 0 Å². The lowest BCUT2D eigenvalue weighted by molar-refractivity contribution is -0.120. The van der Waals surface area contributed by atoms with Crippen LogP contribution in [0.3, 0.4) is 0 Å². The summed E-state index contributed by atoms with van der Waals surface area (Å²) < 4.78 is 5.28. The molecule has 1 heterocycles. The number of nitrogens with one attached hydrogen (secondary N) is 1. The van der Waals surface area contributed by atoms with E-state index in [1.165, 1.54) is 0 Å². The van der Waals surface area contributed by atoms with Crippen LogP contribution in [0.15, 0.2) is 0 Å². The van der Waals surface area contributed by atoms with E-state index in [1.807, 2.05) is 0 Å². The van der Waals surface area contributed by atoms with Crippen LogP contribution in [0.4, 0.5) is 0 Å². The van der Waals surface area contributed by atoms with E-state index < -0.39 is 0 Å². The second-order valence-corrected chi connectivity index (χ2v) is 3.98. The molecule has 1 aliphatic heterocycles. The molecular weight excluding hydrogens is 194 g/mol. The zero-order valence-electron chi connectivity index (χ0n) is 9.53. The first-order chi connectivity index (χ1) is 7.17. The van der Waals surface area contributed by atoms with Crippen molar-refractivity contribution in [1.82, 2.24) is 10.2 Å². The molecule has 5 heteroatoms. The maximum Gasteiger partial charge on any atom is 0.235 e. The van der Waals surface area contributed by atoms with Gasteiger partial charge in [-0.2, -0.15) is 0 Å². The summed E-state index contributed by atoms with van der Waals surface area (Å²) in [5, 5.41) is 2.93. The molecule has 3 N–H and O–H groups in total. The van der Waals surface area contributed by atoms with E-state index in [2.05, 4.69) is 10.2 Å². The number of carbonyl (C=O) groups excluding carboxylic acids is 1. The maximum absolute atomic E-state index is 11.0. The second kappa shape index (κ2) is 6.05. The summed E-state index contributed by atoms with van der Waals surface area (Å²) in [6.45, 7) is 2.65. The van der Waals surface area contributed by atoms with Gasteiger partial charge in [-0.15, -0.1) is 0 Å². The largest absolute Gasteiger partial charge is 0.381 e. The predicted octanol–water partition coefficient (Wildman–Crippen LogP) is -0.829. The Morgan fingerprint density at radius 3 is 2.60 bits per heavy atom. The SMILES string of the molecule is CNC(CN1CCC(OC)CC1)C(N)=O. The van der Waals surface area contributed by atoms with E-state index in [0.29, 0.717) is 12.6 Å². The quantitative estimate of drug-likeness (QED) is 0.628. The zero-order valence-corrected chi connectivity index (χ0v) is 9.53. The first-order valence-corrected chi connectivity index (χ1v) is 5.39. The van der Waals surface area contributed by atoms with E-state index in [9.17, 15) is 4.79 Å². The monoisotopic (exact) mass is 215 g/mol. The Balaban J connectivity index is 2.31. The number of hydrogen-bond acceptors (Lipinski definition) is 4. The van der Waals surface area contributed by atoms with Crippen LogP contribution in [-0.2, 0) is 9.53 Å². The number of hydrogen-bond donors (Lipinski definition) is 2. The van der Waals surface area contributed by atoms with Gasteiger partial charge in [0, 0.05) is 26.7 Å². The molecule has 0 aliphatic carbocycles. The van der Waals surface area contributed by atoms with Crippen LogP contribution in [0.2, 0.25) is 0 Å². The molecule has 1 atom stereocenters. The minimum Gasteiger partial charge on any atom is -0.381 e. The third-order valence-corrected chi connectivity index (χ3v) is 3.00. The van der Waals surface area contributed by atoms with Gasteiger partial charge in [0.05, 0.1) is 12.1 Å². The molecule has 0 aromatic rings. The van der Waals surface area contributed by atoms with Crippen molar-refractivity contribution >= 4 is 5.91 Å². The normalized spacial score (nSPS) is 21.5. The lowest BCUT2D eigenvalue weighted by Crippen LogP contribution is -2.50. The highest BCUT2D eigenvalue weighted by atomic mass is 16.5. The highest BCUT2D eigenvalue weighted by molar-refractivity contribution is 5.80. The fourth-order valence-electron chi connectivity index (χ4n) is 1.91. The van der Waals surface area contributed by atoms with E-state index in [0.717, 1.165) is 25.9 Å². The van der Waals surface area contributed by atoms with Gasteiger partial charge < -0.3 is 20.7 Å². The van der Waals surface area contributed by atoms with Crippen molar-refractivity contribution < 1.29 is 9.53 Å². The van der Waals surface area contributed by atoms with Gasteiger partial charge in [-0.3, -0.25) is 4.79 Å². The molecule has 0 aromatic heterocycles. The Bertz CT molecular complexity index is 203. The lowest BCUT2D eigenvalue weighted by Gasteiger charge is -2.32. The van der Waals surface area contributed by atoms with Crippen molar-refractivity contribution in [2.24, 2.45) is 5.73 Å². The standard InChI is InChI=1S/C10H21N3O2/c1-12-9(10(11)14)7-13-5-3-8(15-2)4-6-13/h8-9,12H,3-7H2,1-2H3,(H2,11,14). The first-order valence-electron chi connectivity index (χ1n) is 5.39. The van der Waals surface area contributed by atoms with Gasteiger partial charge in [0.1, 0.15) is 0 Å². The zero-order chi connectivity index (χ0) is 11.3. The molecule has 0 aromatic carbocycles. The van der Waals surface area contributed by atoms with Crippen molar-refractivity contribution in [3.8, 4) is 0 Å². The van der Waals surface area contributed by atoms with Crippen LogP contribution < -0.4 is 11.1 Å². The molecule has 1 unspecified atom stereocenters. The van der Waals surface area contributed by atoms with Gasteiger partial charge in [-0.05, 0) is 19.9 Å². The third-order valence-electron chi connectivity index (χ3n) is 3.00. The van der Waals surface area contributed by atoms with Crippen LogP contribution in [-0.4, -0.2) is 56.7 Å². The minimum atomic E-state index is -0.286. The molecule has 5 nitrogen and oxygen atoms in total. The summed E-state index contributed by atoms with van der Waals surface area (Å²) >= 11 is 0. The number of likely N-dealkylation sites (tertiary alicyclic amines) is 1. The summed E-state index contributed by atoms with van der Waals surface area (Å²) in [7, 11) is 3.51. The molecule has 1 rings (SSSR count). The Morgan fingerprint density at radius 2 is 2.20 bits per heavy atom.